The molecule has 6 nitrogen and oxygen atoms in total. The molecule has 1 N–H and O–H groups in total. The van der Waals surface area contributed by atoms with Crippen LogP contribution in [-0.4, -0.2) is 26.6 Å². The molecule has 2 aromatic carbocycles. The summed E-state index contributed by atoms with van der Waals surface area (Å²) in [4.78, 5) is 29.4. The Hall–Kier alpha value is -3.93. The fraction of sp³-hybridized carbons (Fsp3) is 0.160. The summed E-state index contributed by atoms with van der Waals surface area (Å²) in [7, 11) is 0. The average Bonchev–Trinajstić information content (AvgIpc) is 3.09. The van der Waals surface area contributed by atoms with Gasteiger partial charge in [0.25, 0.3) is 5.56 Å². The van der Waals surface area contributed by atoms with E-state index in [-0.39, 0.29) is 5.56 Å². The van der Waals surface area contributed by atoms with Crippen LogP contribution < -0.4 is 10.3 Å². The molecule has 0 spiro atoms. The number of aromatic nitrogens is 2. The van der Waals surface area contributed by atoms with E-state index < -0.39 is 12.1 Å². The average molecular weight is 412 g/mol. The van der Waals surface area contributed by atoms with Crippen LogP contribution in [0.2, 0.25) is 0 Å². The van der Waals surface area contributed by atoms with E-state index >= 15 is 0 Å². The number of allylic oxidation sites excluding steroid dienone is 1. The number of pyridine rings is 2. The summed E-state index contributed by atoms with van der Waals surface area (Å²) in [5.41, 5.74) is 3.87. The van der Waals surface area contributed by atoms with Crippen LogP contribution in [0.5, 0.6) is 5.75 Å². The summed E-state index contributed by atoms with van der Waals surface area (Å²) in [5.74, 6) is -0.564. The normalized spacial score (nSPS) is 12.7. The Kier molecular flexibility index (Phi) is 4.18. The standard InChI is InChI=1S/C25H20N2O4/c1-13(2)12-18-20(31-14(3)25(29)30)9-8-19-21(18)17-10-11-26-22-15-6-4-5-7-16(15)24(28)27(19)23(17)22/h4-11,14H,1,12H2,2-3H3,(H,29,30). The highest BCUT2D eigenvalue weighted by atomic mass is 16.5. The van der Waals surface area contributed by atoms with Gasteiger partial charge < -0.3 is 9.84 Å². The summed E-state index contributed by atoms with van der Waals surface area (Å²) < 4.78 is 7.50. The Morgan fingerprint density at radius 1 is 1.16 bits per heavy atom. The third kappa shape index (κ3) is 2.75. The van der Waals surface area contributed by atoms with Gasteiger partial charge in [-0.15, -0.1) is 0 Å². The summed E-state index contributed by atoms with van der Waals surface area (Å²) in [6.07, 6.45) is 1.23. The maximum Gasteiger partial charge on any atom is 0.344 e. The predicted octanol–water partition coefficient (Wildman–Crippen LogP) is 4.56. The van der Waals surface area contributed by atoms with E-state index in [2.05, 4.69) is 11.6 Å². The predicted molar refractivity (Wildman–Crippen MR) is 121 cm³/mol. The number of nitrogens with zero attached hydrogens (tertiary/aromatic N) is 2. The summed E-state index contributed by atoms with van der Waals surface area (Å²) in [6, 6.07) is 12.9. The number of carbonyl (C=O) groups is 1. The first-order valence-corrected chi connectivity index (χ1v) is 10.0. The molecular formula is C25H20N2O4. The molecule has 5 rings (SSSR count). The van der Waals surface area contributed by atoms with Crippen LogP contribution in [0.4, 0.5) is 0 Å². The minimum atomic E-state index is -1.04. The van der Waals surface area contributed by atoms with Gasteiger partial charge in [0.1, 0.15) is 5.75 Å². The number of rotatable bonds is 5. The number of benzene rings is 2. The molecule has 0 radical (unpaired) electrons. The topological polar surface area (TPSA) is 80.9 Å². The van der Waals surface area contributed by atoms with Crippen molar-refractivity contribution in [2.24, 2.45) is 0 Å². The van der Waals surface area contributed by atoms with Crippen molar-refractivity contribution in [2.75, 3.05) is 0 Å². The Balaban J connectivity index is 1.98. The molecule has 0 aliphatic rings. The highest BCUT2D eigenvalue weighted by Crippen LogP contribution is 2.39. The second kappa shape index (κ2) is 6.80. The van der Waals surface area contributed by atoms with E-state index in [1.165, 1.54) is 6.92 Å². The number of carboxylic acids is 1. The van der Waals surface area contributed by atoms with Crippen LogP contribution >= 0.6 is 0 Å². The van der Waals surface area contributed by atoms with E-state index in [0.29, 0.717) is 17.6 Å². The van der Waals surface area contributed by atoms with Crippen LogP contribution in [-0.2, 0) is 11.2 Å². The molecular weight excluding hydrogens is 392 g/mol. The molecule has 0 amide bonds. The molecule has 0 saturated heterocycles. The molecule has 0 fully saturated rings. The van der Waals surface area contributed by atoms with E-state index in [1.54, 1.807) is 16.7 Å². The minimum Gasteiger partial charge on any atom is -0.479 e. The first-order chi connectivity index (χ1) is 14.9. The summed E-state index contributed by atoms with van der Waals surface area (Å²) in [5, 5.41) is 12.5. The second-order valence-electron chi connectivity index (χ2n) is 7.91. The van der Waals surface area contributed by atoms with Gasteiger partial charge in [0, 0.05) is 33.3 Å². The number of hydrogen-bond donors (Lipinski definition) is 1. The first kappa shape index (κ1) is 19.1. The molecule has 0 saturated carbocycles. The smallest absolute Gasteiger partial charge is 0.344 e. The van der Waals surface area contributed by atoms with Crippen LogP contribution in [0.15, 0.2) is 65.6 Å². The van der Waals surface area contributed by atoms with Gasteiger partial charge in [-0.25, -0.2) is 4.79 Å². The van der Waals surface area contributed by atoms with Crippen molar-refractivity contribution in [2.45, 2.75) is 26.4 Å². The molecule has 1 unspecified atom stereocenters. The van der Waals surface area contributed by atoms with Gasteiger partial charge in [-0.1, -0.05) is 30.4 Å². The highest BCUT2D eigenvalue weighted by molar-refractivity contribution is 6.19. The molecule has 0 aliphatic carbocycles. The van der Waals surface area contributed by atoms with Crippen molar-refractivity contribution in [3.63, 3.8) is 0 Å². The van der Waals surface area contributed by atoms with Crippen molar-refractivity contribution in [3.05, 3.63) is 76.7 Å². The lowest BCUT2D eigenvalue weighted by molar-refractivity contribution is -0.144. The lowest BCUT2D eigenvalue weighted by Gasteiger charge is -2.16. The van der Waals surface area contributed by atoms with E-state index in [9.17, 15) is 14.7 Å². The maximum absolute atomic E-state index is 13.5. The van der Waals surface area contributed by atoms with E-state index in [1.807, 2.05) is 43.3 Å². The van der Waals surface area contributed by atoms with Crippen molar-refractivity contribution < 1.29 is 14.6 Å². The van der Waals surface area contributed by atoms with Gasteiger partial charge in [-0.05, 0) is 44.5 Å². The Labute approximate surface area is 177 Å². The van der Waals surface area contributed by atoms with Crippen LogP contribution in [0, 0.1) is 0 Å². The molecule has 6 heteroatoms. The van der Waals surface area contributed by atoms with Crippen LogP contribution in [0.1, 0.15) is 19.4 Å². The van der Waals surface area contributed by atoms with Crippen LogP contribution in [0.3, 0.4) is 0 Å². The molecule has 5 aromatic rings. The number of carboxylic acid groups (broad SMARTS) is 1. The number of ether oxygens (including phenoxy) is 1. The molecule has 1 atom stereocenters. The van der Waals surface area contributed by atoms with Crippen molar-refractivity contribution >= 4 is 44.1 Å². The van der Waals surface area contributed by atoms with E-state index in [0.717, 1.165) is 43.8 Å². The second-order valence-corrected chi connectivity index (χ2v) is 7.91. The lowest BCUT2D eigenvalue weighted by Crippen LogP contribution is -2.23. The molecule has 31 heavy (non-hydrogen) atoms. The van der Waals surface area contributed by atoms with Gasteiger partial charge in [-0.3, -0.25) is 14.2 Å². The van der Waals surface area contributed by atoms with Crippen molar-refractivity contribution in [3.8, 4) is 5.75 Å². The fourth-order valence-corrected chi connectivity index (χ4v) is 4.34. The largest absolute Gasteiger partial charge is 0.479 e. The highest BCUT2D eigenvalue weighted by Gasteiger charge is 2.23. The Bertz CT molecular complexity index is 1580. The molecule has 0 bridgehead atoms. The number of hydrogen-bond acceptors (Lipinski definition) is 4. The monoisotopic (exact) mass is 412 g/mol. The van der Waals surface area contributed by atoms with Gasteiger partial charge in [0.15, 0.2) is 6.10 Å². The maximum atomic E-state index is 13.5. The number of aliphatic carboxylic acids is 1. The quantitative estimate of drug-likeness (QED) is 0.338. The molecule has 3 heterocycles. The summed E-state index contributed by atoms with van der Waals surface area (Å²) in [6.45, 7) is 7.45. The molecule has 0 aliphatic heterocycles. The summed E-state index contributed by atoms with van der Waals surface area (Å²) >= 11 is 0. The third-order valence-corrected chi connectivity index (χ3v) is 5.65. The van der Waals surface area contributed by atoms with E-state index in [4.69, 9.17) is 4.74 Å². The van der Waals surface area contributed by atoms with Gasteiger partial charge >= 0.3 is 5.97 Å². The van der Waals surface area contributed by atoms with Crippen LogP contribution in [0.25, 0.3) is 38.1 Å². The van der Waals surface area contributed by atoms with Crippen molar-refractivity contribution in [1.29, 1.82) is 0 Å². The van der Waals surface area contributed by atoms with Gasteiger partial charge in [0.05, 0.1) is 16.6 Å². The molecule has 154 valence electrons. The zero-order valence-electron chi connectivity index (χ0n) is 17.2. The lowest BCUT2D eigenvalue weighted by atomic mass is 9.99. The minimum absolute atomic E-state index is 0.107. The van der Waals surface area contributed by atoms with Gasteiger partial charge in [0.2, 0.25) is 0 Å². The zero-order chi connectivity index (χ0) is 21.9. The van der Waals surface area contributed by atoms with Crippen molar-refractivity contribution in [1.82, 2.24) is 9.38 Å². The SMILES string of the molecule is C=C(C)Cc1c(OC(C)C(=O)O)ccc2c1c1ccnc3c4ccccc4c(=O)n2c13. The fourth-order valence-electron chi connectivity index (χ4n) is 4.34. The Morgan fingerprint density at radius 2 is 1.90 bits per heavy atom. The zero-order valence-corrected chi connectivity index (χ0v) is 17.2. The molecule has 3 aromatic heterocycles. The Morgan fingerprint density at radius 3 is 2.61 bits per heavy atom. The van der Waals surface area contributed by atoms with Gasteiger partial charge in [-0.2, -0.15) is 0 Å². The third-order valence-electron chi connectivity index (χ3n) is 5.65. The number of fused-ring (bicyclic) bond motifs is 5. The first-order valence-electron chi connectivity index (χ1n) is 10.0.